The minimum absolute atomic E-state index is 0.00697. The third-order valence-corrected chi connectivity index (χ3v) is 3.53. The van der Waals surface area contributed by atoms with Crippen molar-refractivity contribution >= 4 is 5.91 Å². The molecular weight excluding hydrogens is 278 g/mol. The van der Waals surface area contributed by atoms with E-state index < -0.39 is 0 Å². The first-order valence-corrected chi connectivity index (χ1v) is 7.21. The molecule has 5 nitrogen and oxygen atoms in total. The second-order valence-electron chi connectivity index (χ2n) is 5.18. The number of hydrogen-bond donors (Lipinski definition) is 1. The molecule has 2 N–H and O–H groups in total. The monoisotopic (exact) mass is 299 g/mol. The van der Waals surface area contributed by atoms with Gasteiger partial charge < -0.3 is 15.4 Å². The van der Waals surface area contributed by atoms with Crippen molar-refractivity contribution in [2.45, 2.75) is 19.6 Å². The number of carbonyl (C=O) groups is 1. The van der Waals surface area contributed by atoms with Gasteiger partial charge in [0.15, 0.2) is 0 Å². The summed E-state index contributed by atoms with van der Waals surface area (Å²) in [6.07, 6.45) is 3.48. The standard InChI is InChI=1S/C17H21N3O2/c1-13(10-18)20(2)17(21)15-6-3-7-16(9-15)22-12-14-5-4-8-19-11-14/h3-9,11,13H,10,12,18H2,1-2H3. The molecule has 2 rings (SSSR count). The summed E-state index contributed by atoms with van der Waals surface area (Å²) in [5.74, 6) is 0.591. The van der Waals surface area contributed by atoms with E-state index in [-0.39, 0.29) is 11.9 Å². The maximum atomic E-state index is 12.4. The van der Waals surface area contributed by atoms with Crippen molar-refractivity contribution in [3.63, 3.8) is 0 Å². The van der Waals surface area contributed by atoms with E-state index in [0.717, 1.165) is 5.56 Å². The Morgan fingerprint density at radius 2 is 2.18 bits per heavy atom. The van der Waals surface area contributed by atoms with Gasteiger partial charge in [-0.1, -0.05) is 12.1 Å². The van der Waals surface area contributed by atoms with Gasteiger partial charge >= 0.3 is 0 Å². The highest BCUT2D eigenvalue weighted by molar-refractivity contribution is 5.94. The van der Waals surface area contributed by atoms with Crippen LogP contribution >= 0.6 is 0 Å². The van der Waals surface area contributed by atoms with E-state index in [9.17, 15) is 4.79 Å². The molecule has 0 saturated heterocycles. The fourth-order valence-electron chi connectivity index (χ4n) is 1.93. The van der Waals surface area contributed by atoms with Crippen molar-refractivity contribution in [1.29, 1.82) is 0 Å². The maximum absolute atomic E-state index is 12.4. The first-order valence-electron chi connectivity index (χ1n) is 7.21. The topological polar surface area (TPSA) is 68.5 Å². The van der Waals surface area contributed by atoms with Gasteiger partial charge in [-0.15, -0.1) is 0 Å². The molecule has 1 aromatic heterocycles. The number of likely N-dealkylation sites (N-methyl/N-ethyl adjacent to an activating group) is 1. The summed E-state index contributed by atoms with van der Waals surface area (Å²) in [6.45, 7) is 2.76. The Kier molecular flexibility index (Phi) is 5.49. The van der Waals surface area contributed by atoms with Gasteiger partial charge in [0.1, 0.15) is 12.4 Å². The van der Waals surface area contributed by atoms with Crippen LogP contribution in [-0.2, 0) is 6.61 Å². The Bertz CT molecular complexity index is 616. The molecule has 5 heteroatoms. The molecule has 0 saturated carbocycles. The number of nitrogens with zero attached hydrogens (tertiary/aromatic N) is 2. The van der Waals surface area contributed by atoms with Crippen LogP contribution in [0.4, 0.5) is 0 Å². The Balaban J connectivity index is 2.05. The predicted molar refractivity (Wildman–Crippen MR) is 85.6 cm³/mol. The van der Waals surface area contributed by atoms with Crippen LogP contribution in [0.2, 0.25) is 0 Å². The van der Waals surface area contributed by atoms with E-state index >= 15 is 0 Å². The lowest BCUT2D eigenvalue weighted by atomic mass is 10.1. The number of nitrogens with two attached hydrogens (primary N) is 1. The van der Waals surface area contributed by atoms with Crippen LogP contribution in [0, 0.1) is 0 Å². The minimum Gasteiger partial charge on any atom is -0.489 e. The van der Waals surface area contributed by atoms with E-state index in [2.05, 4.69) is 4.98 Å². The fraction of sp³-hybridized carbons (Fsp3) is 0.294. The van der Waals surface area contributed by atoms with Crippen LogP contribution < -0.4 is 10.5 Å². The minimum atomic E-state index is -0.0650. The molecule has 2 aromatic rings. The summed E-state index contributed by atoms with van der Waals surface area (Å²) in [4.78, 5) is 18.1. The van der Waals surface area contributed by atoms with Gasteiger partial charge in [-0.25, -0.2) is 0 Å². The summed E-state index contributed by atoms with van der Waals surface area (Å²) in [7, 11) is 1.75. The van der Waals surface area contributed by atoms with E-state index in [4.69, 9.17) is 10.5 Å². The summed E-state index contributed by atoms with van der Waals surface area (Å²) >= 11 is 0. The average Bonchev–Trinajstić information content (AvgIpc) is 2.59. The molecule has 1 unspecified atom stereocenters. The molecule has 1 amide bonds. The summed E-state index contributed by atoms with van der Waals surface area (Å²) in [5, 5.41) is 0. The van der Waals surface area contributed by atoms with Crippen LogP contribution in [0.15, 0.2) is 48.8 Å². The molecule has 1 atom stereocenters. The molecule has 0 aliphatic heterocycles. The predicted octanol–water partition coefficient (Wildman–Crippen LogP) is 2.08. The second kappa shape index (κ2) is 7.56. The maximum Gasteiger partial charge on any atom is 0.254 e. The molecule has 0 spiro atoms. The first kappa shape index (κ1) is 16.0. The van der Waals surface area contributed by atoms with Gasteiger partial charge in [0.25, 0.3) is 5.91 Å². The highest BCUT2D eigenvalue weighted by atomic mass is 16.5. The van der Waals surface area contributed by atoms with Gasteiger partial charge in [-0.3, -0.25) is 9.78 Å². The average molecular weight is 299 g/mol. The van der Waals surface area contributed by atoms with Crippen LogP contribution in [0.5, 0.6) is 5.75 Å². The van der Waals surface area contributed by atoms with E-state index in [1.165, 1.54) is 0 Å². The van der Waals surface area contributed by atoms with Crippen LogP contribution in [-0.4, -0.2) is 35.4 Å². The van der Waals surface area contributed by atoms with Gasteiger partial charge in [-0.05, 0) is 31.2 Å². The van der Waals surface area contributed by atoms with Crippen molar-refractivity contribution in [3.05, 3.63) is 59.9 Å². The van der Waals surface area contributed by atoms with Gasteiger partial charge in [0.2, 0.25) is 0 Å². The molecule has 116 valence electrons. The highest BCUT2D eigenvalue weighted by Gasteiger charge is 2.16. The molecular formula is C17H21N3O2. The van der Waals surface area contributed by atoms with Crippen LogP contribution in [0.25, 0.3) is 0 Å². The zero-order valence-corrected chi connectivity index (χ0v) is 12.9. The number of ether oxygens (including phenoxy) is 1. The Labute approximate surface area is 130 Å². The zero-order valence-electron chi connectivity index (χ0n) is 12.9. The van der Waals surface area contributed by atoms with E-state index in [0.29, 0.717) is 24.5 Å². The molecule has 0 aliphatic carbocycles. The van der Waals surface area contributed by atoms with E-state index in [1.807, 2.05) is 31.2 Å². The molecule has 22 heavy (non-hydrogen) atoms. The molecule has 0 fully saturated rings. The molecule has 1 heterocycles. The summed E-state index contributed by atoms with van der Waals surface area (Å²) < 4.78 is 5.71. The van der Waals surface area contributed by atoms with E-state index in [1.54, 1.807) is 36.5 Å². The first-order chi connectivity index (χ1) is 10.6. The lowest BCUT2D eigenvalue weighted by molar-refractivity contribution is 0.0748. The normalized spacial score (nSPS) is 11.8. The molecule has 1 aromatic carbocycles. The zero-order chi connectivity index (χ0) is 15.9. The van der Waals surface area contributed by atoms with Gasteiger partial charge in [0.05, 0.1) is 0 Å². The number of rotatable bonds is 6. The largest absolute Gasteiger partial charge is 0.489 e. The van der Waals surface area contributed by atoms with Crippen molar-refractivity contribution in [3.8, 4) is 5.75 Å². The highest BCUT2D eigenvalue weighted by Crippen LogP contribution is 2.16. The Hall–Kier alpha value is -2.40. The lowest BCUT2D eigenvalue weighted by Crippen LogP contribution is -2.39. The number of pyridine rings is 1. The molecule has 0 radical (unpaired) electrons. The van der Waals surface area contributed by atoms with Crippen molar-refractivity contribution in [2.75, 3.05) is 13.6 Å². The third kappa shape index (κ3) is 4.05. The molecule has 0 aliphatic rings. The number of carbonyl (C=O) groups excluding carboxylic acids is 1. The summed E-state index contributed by atoms with van der Waals surface area (Å²) in [5.41, 5.74) is 7.18. The lowest BCUT2D eigenvalue weighted by Gasteiger charge is -2.23. The Morgan fingerprint density at radius 3 is 2.86 bits per heavy atom. The van der Waals surface area contributed by atoms with Crippen molar-refractivity contribution in [1.82, 2.24) is 9.88 Å². The number of aromatic nitrogens is 1. The smallest absolute Gasteiger partial charge is 0.254 e. The summed E-state index contributed by atoms with van der Waals surface area (Å²) in [6, 6.07) is 11.0. The Morgan fingerprint density at radius 1 is 1.36 bits per heavy atom. The van der Waals surface area contributed by atoms with Gasteiger partial charge in [0, 0.05) is 43.2 Å². The van der Waals surface area contributed by atoms with Crippen LogP contribution in [0.1, 0.15) is 22.8 Å². The fourth-order valence-corrected chi connectivity index (χ4v) is 1.93. The molecule has 0 bridgehead atoms. The number of amides is 1. The second-order valence-corrected chi connectivity index (χ2v) is 5.18. The van der Waals surface area contributed by atoms with Crippen molar-refractivity contribution in [2.24, 2.45) is 5.73 Å². The number of benzene rings is 1. The number of hydrogen-bond acceptors (Lipinski definition) is 4. The quantitative estimate of drug-likeness (QED) is 0.886. The van der Waals surface area contributed by atoms with Gasteiger partial charge in [-0.2, -0.15) is 0 Å². The van der Waals surface area contributed by atoms with Crippen LogP contribution in [0.3, 0.4) is 0 Å². The SMILES string of the molecule is CC(CN)N(C)C(=O)c1cccc(OCc2cccnc2)c1. The third-order valence-electron chi connectivity index (χ3n) is 3.53. The van der Waals surface area contributed by atoms with Crippen molar-refractivity contribution < 1.29 is 9.53 Å².